The number of nitrogens with zero attached hydrogens (tertiary/aromatic N) is 3. The molecule has 2 heterocycles. The summed E-state index contributed by atoms with van der Waals surface area (Å²) in [5, 5.41) is 10.5. The predicted molar refractivity (Wildman–Crippen MR) is 85.2 cm³/mol. The molecule has 4 N–H and O–H groups in total. The maximum absolute atomic E-state index is 7.58. The molecule has 0 saturated carbocycles. The first-order valence-corrected chi connectivity index (χ1v) is 7.42. The summed E-state index contributed by atoms with van der Waals surface area (Å²) < 4.78 is 0.213. The van der Waals surface area contributed by atoms with Crippen LogP contribution in [-0.2, 0) is 0 Å². The second-order valence-corrected chi connectivity index (χ2v) is 6.11. The Kier molecular flexibility index (Phi) is 4.38. The van der Waals surface area contributed by atoms with Gasteiger partial charge in [-0.2, -0.15) is 0 Å². The molecule has 0 radical (unpaired) electrons. The summed E-state index contributed by atoms with van der Waals surface area (Å²) >= 11 is 3.11. The highest BCUT2D eigenvalue weighted by atomic mass is 79.9. The molecule has 1 atom stereocenters. The number of piperidine rings is 1. The van der Waals surface area contributed by atoms with Gasteiger partial charge in [-0.3, -0.25) is 5.41 Å². The normalized spacial score (nSPS) is 18.2. The third-order valence-electron chi connectivity index (χ3n) is 3.33. The number of halogens is 1. The van der Waals surface area contributed by atoms with Gasteiger partial charge in [-0.05, 0) is 45.1 Å². The zero-order chi connectivity index (χ0) is 14.0. The van der Waals surface area contributed by atoms with E-state index in [1.165, 1.54) is 0 Å². The van der Waals surface area contributed by atoms with E-state index in [9.17, 15) is 0 Å². The molecule has 0 aromatic carbocycles. The van der Waals surface area contributed by atoms with Crippen LogP contribution in [0.15, 0.2) is 6.20 Å². The zero-order valence-electron chi connectivity index (χ0n) is 10.8. The summed E-state index contributed by atoms with van der Waals surface area (Å²) in [5.41, 5.74) is 6.54. The first kappa shape index (κ1) is 14.6. The van der Waals surface area contributed by atoms with E-state index in [0.717, 1.165) is 31.7 Å². The fourth-order valence-electron chi connectivity index (χ4n) is 2.04. The summed E-state index contributed by atoms with van der Waals surface area (Å²) in [5.74, 6) is 1.39. The molecular formula is C11H18BrN6P. The highest BCUT2D eigenvalue weighted by Crippen LogP contribution is 2.25. The van der Waals surface area contributed by atoms with E-state index in [2.05, 4.69) is 52.2 Å². The van der Waals surface area contributed by atoms with Crippen LogP contribution >= 0.6 is 25.3 Å². The maximum Gasteiger partial charge on any atom is 0.160 e. The minimum absolute atomic E-state index is 0.0798. The monoisotopic (exact) mass is 344 g/mol. The van der Waals surface area contributed by atoms with Gasteiger partial charge in [0, 0.05) is 18.6 Å². The molecule has 104 valence electrons. The van der Waals surface area contributed by atoms with Crippen LogP contribution in [0.25, 0.3) is 0 Å². The lowest BCUT2D eigenvalue weighted by Gasteiger charge is -2.37. The van der Waals surface area contributed by atoms with E-state index in [1.54, 1.807) is 6.20 Å². The number of anilines is 2. The van der Waals surface area contributed by atoms with Gasteiger partial charge in [0.05, 0.1) is 6.20 Å². The lowest BCUT2D eigenvalue weighted by atomic mass is 9.91. The van der Waals surface area contributed by atoms with Crippen molar-refractivity contribution in [3.8, 4) is 0 Å². The zero-order valence-corrected chi connectivity index (χ0v) is 13.5. The average molecular weight is 345 g/mol. The molecule has 6 nitrogen and oxygen atoms in total. The van der Waals surface area contributed by atoms with Crippen molar-refractivity contribution in [1.82, 2.24) is 9.97 Å². The van der Waals surface area contributed by atoms with Crippen molar-refractivity contribution in [2.75, 3.05) is 23.1 Å². The summed E-state index contributed by atoms with van der Waals surface area (Å²) in [6.45, 7) is 3.84. The molecular weight excluding hydrogens is 327 g/mol. The molecule has 2 rings (SSSR count). The number of nitrogens with one attached hydrogen (secondary N) is 2. The molecule has 0 aliphatic carbocycles. The Balaban J connectivity index is 2.20. The number of rotatable bonds is 3. The van der Waals surface area contributed by atoms with Crippen LogP contribution in [0.1, 0.15) is 25.5 Å². The molecule has 1 saturated heterocycles. The first-order valence-electron chi connectivity index (χ1n) is 6.05. The van der Waals surface area contributed by atoms with Gasteiger partial charge in [-0.15, -0.1) is 0 Å². The number of aromatic nitrogens is 2. The number of hydrogen-bond donors (Lipinski definition) is 3. The third kappa shape index (κ3) is 3.41. The smallest absolute Gasteiger partial charge is 0.160 e. The Morgan fingerprint density at radius 3 is 2.74 bits per heavy atom. The molecule has 8 heteroatoms. The second kappa shape index (κ2) is 5.69. The molecule has 1 aliphatic heterocycles. The van der Waals surface area contributed by atoms with Gasteiger partial charge in [0.1, 0.15) is 16.1 Å². The minimum atomic E-state index is -0.0798. The number of nitrogens with two attached hydrogens (primary N) is 1. The third-order valence-corrected chi connectivity index (χ3v) is 3.98. The molecule has 0 spiro atoms. The Morgan fingerprint density at radius 1 is 1.58 bits per heavy atom. The van der Waals surface area contributed by atoms with Gasteiger partial charge < -0.3 is 15.7 Å². The van der Waals surface area contributed by atoms with Gasteiger partial charge in [0.2, 0.25) is 0 Å². The molecule has 1 aromatic heterocycles. The maximum atomic E-state index is 7.58. The molecule has 1 unspecified atom stereocenters. The van der Waals surface area contributed by atoms with Gasteiger partial charge in [0.15, 0.2) is 5.82 Å². The van der Waals surface area contributed by atoms with Gasteiger partial charge in [-0.1, -0.05) is 0 Å². The molecule has 1 fully saturated rings. The minimum Gasteiger partial charge on any atom is -0.355 e. The van der Waals surface area contributed by atoms with Crippen LogP contribution < -0.4 is 15.7 Å². The topological polar surface area (TPSA) is 90.9 Å². The molecule has 19 heavy (non-hydrogen) atoms. The lowest BCUT2D eigenvalue weighted by Crippen LogP contribution is -2.48. The Hall–Kier alpha value is -0.780. The quantitative estimate of drug-likeness (QED) is 0.573. The molecule has 1 aliphatic rings. The Bertz CT molecular complexity index is 482. The predicted octanol–water partition coefficient (Wildman–Crippen LogP) is 1.72. The fraction of sp³-hybridized carbons (Fsp3) is 0.545. The van der Waals surface area contributed by atoms with E-state index >= 15 is 0 Å². The van der Waals surface area contributed by atoms with Crippen molar-refractivity contribution in [2.24, 2.45) is 5.73 Å². The van der Waals surface area contributed by atoms with Gasteiger partial charge in [-0.25, -0.2) is 9.97 Å². The van der Waals surface area contributed by atoms with E-state index < -0.39 is 0 Å². The number of hydrogen-bond acceptors (Lipinski definition) is 6. The fourth-order valence-corrected chi connectivity index (χ4v) is 2.53. The Morgan fingerprint density at radius 2 is 2.21 bits per heavy atom. The van der Waals surface area contributed by atoms with Crippen LogP contribution in [0.3, 0.4) is 0 Å². The Labute approximate surface area is 123 Å². The summed E-state index contributed by atoms with van der Waals surface area (Å²) in [7, 11) is 2.39. The van der Waals surface area contributed by atoms with Crippen molar-refractivity contribution in [3.05, 3.63) is 11.9 Å². The molecule has 0 amide bonds. The first-order chi connectivity index (χ1) is 8.93. The van der Waals surface area contributed by atoms with E-state index in [0.29, 0.717) is 11.5 Å². The summed E-state index contributed by atoms with van der Waals surface area (Å²) in [6.07, 6.45) is 3.58. The van der Waals surface area contributed by atoms with Gasteiger partial charge in [0.25, 0.3) is 0 Å². The van der Waals surface area contributed by atoms with E-state index in [1.807, 2.05) is 0 Å². The lowest BCUT2D eigenvalue weighted by molar-refractivity contribution is 0.363. The van der Waals surface area contributed by atoms with Gasteiger partial charge >= 0.3 is 0 Å². The SMILES string of the molecule is CC1(N)CCN(c2cnc(C(=N)Br)c(NP)n2)CC1. The average Bonchev–Trinajstić information content (AvgIpc) is 2.37. The van der Waals surface area contributed by atoms with Crippen molar-refractivity contribution in [3.63, 3.8) is 0 Å². The van der Waals surface area contributed by atoms with Crippen LogP contribution in [0.5, 0.6) is 0 Å². The van der Waals surface area contributed by atoms with Crippen LogP contribution in [0.2, 0.25) is 0 Å². The van der Waals surface area contributed by atoms with Crippen molar-refractivity contribution in [2.45, 2.75) is 25.3 Å². The molecule has 1 aromatic rings. The van der Waals surface area contributed by atoms with Crippen LogP contribution in [-0.4, -0.2) is 33.2 Å². The summed E-state index contributed by atoms with van der Waals surface area (Å²) in [6, 6.07) is 0. The van der Waals surface area contributed by atoms with E-state index in [-0.39, 0.29) is 10.2 Å². The summed E-state index contributed by atoms with van der Waals surface area (Å²) in [4.78, 5) is 11.0. The van der Waals surface area contributed by atoms with E-state index in [4.69, 9.17) is 11.1 Å². The van der Waals surface area contributed by atoms with Crippen molar-refractivity contribution >= 4 is 41.6 Å². The molecule has 0 bridgehead atoms. The highest BCUT2D eigenvalue weighted by molar-refractivity contribution is 9.18. The van der Waals surface area contributed by atoms with Crippen LogP contribution in [0, 0.1) is 5.41 Å². The van der Waals surface area contributed by atoms with Crippen molar-refractivity contribution < 1.29 is 0 Å². The van der Waals surface area contributed by atoms with Crippen molar-refractivity contribution in [1.29, 1.82) is 5.41 Å². The highest BCUT2D eigenvalue weighted by Gasteiger charge is 2.27. The standard InChI is InChI=1S/C11H18BrN6P/c1-11(14)2-4-18(5-3-11)7-6-15-8(9(12)13)10(16-7)17-19/h6,13H,2-5,14,19H2,1H3,(H,16,17). The van der Waals surface area contributed by atoms with Crippen LogP contribution in [0.4, 0.5) is 11.6 Å². The largest absolute Gasteiger partial charge is 0.355 e. The second-order valence-electron chi connectivity index (χ2n) is 5.02.